The Labute approximate surface area is 152 Å². The van der Waals surface area contributed by atoms with E-state index in [2.05, 4.69) is 26.7 Å². The van der Waals surface area contributed by atoms with Crippen LogP contribution in [0.3, 0.4) is 0 Å². The van der Waals surface area contributed by atoms with Crippen LogP contribution < -0.4 is 10.6 Å². The molecule has 0 radical (unpaired) electrons. The summed E-state index contributed by atoms with van der Waals surface area (Å²) in [6.45, 7) is 0.634. The zero-order chi connectivity index (χ0) is 17.5. The van der Waals surface area contributed by atoms with E-state index in [0.717, 1.165) is 24.9 Å². The lowest BCUT2D eigenvalue weighted by atomic mass is 9.97. The van der Waals surface area contributed by atoms with Gasteiger partial charge in [0.05, 0.1) is 12.4 Å². The normalized spacial score (nSPS) is 13.9. The molecule has 1 aromatic carbocycles. The molecule has 0 atom stereocenters. The molecule has 130 valence electrons. The van der Waals surface area contributed by atoms with Crippen LogP contribution in [0.4, 0.5) is 11.5 Å². The lowest BCUT2D eigenvalue weighted by molar-refractivity contribution is 0.0948. The van der Waals surface area contributed by atoms with Crippen LogP contribution in [0.5, 0.6) is 0 Å². The SMILES string of the molecule is O=C(NCCC1=CCCCC1)c1cnc(Nc2cccc(Cl)c2)cn1. The van der Waals surface area contributed by atoms with Crippen molar-refractivity contribution in [2.75, 3.05) is 11.9 Å². The molecule has 1 amide bonds. The molecule has 0 fully saturated rings. The van der Waals surface area contributed by atoms with Crippen molar-refractivity contribution in [3.63, 3.8) is 0 Å². The fraction of sp³-hybridized carbons (Fsp3) is 0.316. The Kier molecular flexibility index (Phi) is 6.01. The van der Waals surface area contributed by atoms with Crippen LogP contribution >= 0.6 is 11.6 Å². The fourth-order valence-corrected chi connectivity index (χ4v) is 2.97. The molecular weight excluding hydrogens is 336 g/mol. The molecule has 0 spiro atoms. The van der Waals surface area contributed by atoms with Crippen LogP contribution in [0.25, 0.3) is 0 Å². The summed E-state index contributed by atoms with van der Waals surface area (Å²) in [5.74, 6) is 0.365. The second-order valence-corrected chi connectivity index (χ2v) is 6.47. The van der Waals surface area contributed by atoms with Crippen LogP contribution in [0.2, 0.25) is 5.02 Å². The molecule has 25 heavy (non-hydrogen) atoms. The van der Waals surface area contributed by atoms with E-state index in [1.807, 2.05) is 12.1 Å². The van der Waals surface area contributed by atoms with Gasteiger partial charge < -0.3 is 10.6 Å². The molecule has 6 heteroatoms. The molecule has 0 unspecified atom stereocenters. The molecule has 1 aromatic heterocycles. The number of nitrogens with one attached hydrogen (secondary N) is 2. The maximum atomic E-state index is 12.1. The summed E-state index contributed by atoms with van der Waals surface area (Å²) in [6, 6.07) is 7.33. The zero-order valence-corrected chi connectivity index (χ0v) is 14.7. The monoisotopic (exact) mass is 356 g/mol. The van der Waals surface area contributed by atoms with Crippen molar-refractivity contribution in [2.24, 2.45) is 0 Å². The third kappa shape index (κ3) is 5.29. The molecule has 0 aliphatic heterocycles. The predicted molar refractivity (Wildman–Crippen MR) is 100 cm³/mol. The molecule has 2 N–H and O–H groups in total. The number of hydrogen-bond donors (Lipinski definition) is 2. The second kappa shape index (κ2) is 8.62. The van der Waals surface area contributed by atoms with Crippen molar-refractivity contribution in [1.29, 1.82) is 0 Å². The number of allylic oxidation sites excluding steroid dienone is 1. The number of halogens is 1. The first kappa shape index (κ1) is 17.4. The van der Waals surface area contributed by atoms with Crippen molar-refractivity contribution in [3.05, 3.63) is 59.0 Å². The van der Waals surface area contributed by atoms with E-state index in [0.29, 0.717) is 23.1 Å². The van der Waals surface area contributed by atoms with E-state index in [9.17, 15) is 4.79 Å². The molecule has 0 bridgehead atoms. The van der Waals surface area contributed by atoms with Gasteiger partial charge in [-0.05, 0) is 50.3 Å². The standard InChI is InChI=1S/C19H21ClN4O/c20-15-7-4-8-16(11-15)24-18-13-22-17(12-23-18)19(25)21-10-9-14-5-2-1-3-6-14/h4-5,7-8,11-13H,1-3,6,9-10H2,(H,21,25)(H,23,24). The maximum absolute atomic E-state index is 12.1. The van der Waals surface area contributed by atoms with Gasteiger partial charge >= 0.3 is 0 Å². The van der Waals surface area contributed by atoms with Crippen LogP contribution in [0.15, 0.2) is 48.3 Å². The lowest BCUT2D eigenvalue weighted by Gasteiger charge is -2.12. The number of carbonyl (C=O) groups is 1. The van der Waals surface area contributed by atoms with E-state index < -0.39 is 0 Å². The highest BCUT2D eigenvalue weighted by atomic mass is 35.5. The van der Waals surface area contributed by atoms with E-state index in [1.165, 1.54) is 24.6 Å². The third-order valence-electron chi connectivity index (χ3n) is 4.10. The van der Waals surface area contributed by atoms with Gasteiger partial charge in [-0.25, -0.2) is 9.97 Å². The summed E-state index contributed by atoms with van der Waals surface area (Å²) in [7, 11) is 0. The Balaban J connectivity index is 1.51. The Morgan fingerprint density at radius 2 is 2.12 bits per heavy atom. The lowest BCUT2D eigenvalue weighted by Crippen LogP contribution is -2.26. The number of nitrogens with zero attached hydrogens (tertiary/aromatic N) is 2. The summed E-state index contributed by atoms with van der Waals surface area (Å²) in [5.41, 5.74) is 2.58. The van der Waals surface area contributed by atoms with Crippen LogP contribution in [0.1, 0.15) is 42.6 Å². The molecular formula is C19H21ClN4O. The minimum atomic E-state index is -0.196. The molecule has 5 nitrogen and oxygen atoms in total. The summed E-state index contributed by atoms with van der Waals surface area (Å²) in [5, 5.41) is 6.64. The topological polar surface area (TPSA) is 66.9 Å². The number of rotatable bonds is 6. The zero-order valence-electron chi connectivity index (χ0n) is 14.0. The molecule has 3 rings (SSSR count). The Morgan fingerprint density at radius 1 is 1.20 bits per heavy atom. The van der Waals surface area contributed by atoms with E-state index in [1.54, 1.807) is 18.3 Å². The van der Waals surface area contributed by atoms with Crippen molar-refractivity contribution in [1.82, 2.24) is 15.3 Å². The summed E-state index contributed by atoms with van der Waals surface area (Å²) in [6.07, 6.45) is 11.1. The second-order valence-electron chi connectivity index (χ2n) is 6.04. The van der Waals surface area contributed by atoms with Crippen molar-refractivity contribution in [3.8, 4) is 0 Å². The first-order valence-electron chi connectivity index (χ1n) is 8.51. The van der Waals surface area contributed by atoms with Gasteiger partial charge in [0, 0.05) is 17.3 Å². The van der Waals surface area contributed by atoms with Gasteiger partial charge in [-0.2, -0.15) is 0 Å². The molecule has 1 aliphatic rings. The van der Waals surface area contributed by atoms with Crippen molar-refractivity contribution in [2.45, 2.75) is 32.1 Å². The minimum Gasteiger partial charge on any atom is -0.350 e. The van der Waals surface area contributed by atoms with E-state index >= 15 is 0 Å². The number of anilines is 2. The fourth-order valence-electron chi connectivity index (χ4n) is 2.78. The van der Waals surface area contributed by atoms with Crippen molar-refractivity contribution >= 4 is 29.0 Å². The minimum absolute atomic E-state index is 0.196. The highest BCUT2D eigenvalue weighted by molar-refractivity contribution is 6.30. The molecule has 1 aliphatic carbocycles. The van der Waals surface area contributed by atoms with Gasteiger partial charge in [0.25, 0.3) is 5.91 Å². The van der Waals surface area contributed by atoms with E-state index in [4.69, 9.17) is 11.6 Å². The third-order valence-corrected chi connectivity index (χ3v) is 4.33. The van der Waals surface area contributed by atoms with E-state index in [-0.39, 0.29) is 5.91 Å². The number of aromatic nitrogens is 2. The average Bonchev–Trinajstić information content (AvgIpc) is 2.63. The van der Waals surface area contributed by atoms with Crippen LogP contribution in [0, 0.1) is 0 Å². The highest BCUT2D eigenvalue weighted by Gasteiger charge is 2.09. The number of benzene rings is 1. The highest BCUT2D eigenvalue weighted by Crippen LogP contribution is 2.20. The molecule has 0 saturated heterocycles. The van der Waals surface area contributed by atoms with Gasteiger partial charge in [-0.3, -0.25) is 4.79 Å². The predicted octanol–water partition coefficient (Wildman–Crippen LogP) is 4.49. The Hall–Kier alpha value is -2.40. The number of amides is 1. The van der Waals surface area contributed by atoms with Gasteiger partial charge in [-0.1, -0.05) is 29.3 Å². The summed E-state index contributed by atoms with van der Waals surface area (Å²) >= 11 is 5.95. The first-order chi connectivity index (χ1) is 12.2. The number of carbonyl (C=O) groups excluding carboxylic acids is 1. The number of hydrogen-bond acceptors (Lipinski definition) is 4. The molecule has 1 heterocycles. The molecule has 2 aromatic rings. The van der Waals surface area contributed by atoms with Crippen LogP contribution in [-0.2, 0) is 0 Å². The smallest absolute Gasteiger partial charge is 0.271 e. The van der Waals surface area contributed by atoms with Crippen LogP contribution in [-0.4, -0.2) is 22.4 Å². The molecule has 0 saturated carbocycles. The van der Waals surface area contributed by atoms with Crippen molar-refractivity contribution < 1.29 is 4.79 Å². The van der Waals surface area contributed by atoms with Gasteiger partial charge in [0.15, 0.2) is 0 Å². The van der Waals surface area contributed by atoms with Gasteiger partial charge in [0.1, 0.15) is 11.5 Å². The van der Waals surface area contributed by atoms with Gasteiger partial charge in [-0.15, -0.1) is 0 Å². The quantitative estimate of drug-likeness (QED) is 0.748. The summed E-state index contributed by atoms with van der Waals surface area (Å²) in [4.78, 5) is 20.5. The Morgan fingerprint density at radius 3 is 2.84 bits per heavy atom. The summed E-state index contributed by atoms with van der Waals surface area (Å²) < 4.78 is 0. The largest absolute Gasteiger partial charge is 0.350 e. The van der Waals surface area contributed by atoms with Gasteiger partial charge in [0.2, 0.25) is 0 Å². The first-order valence-corrected chi connectivity index (χ1v) is 8.89. The maximum Gasteiger partial charge on any atom is 0.271 e. The average molecular weight is 357 g/mol. The Bertz CT molecular complexity index is 758.